The summed E-state index contributed by atoms with van der Waals surface area (Å²) in [5.41, 5.74) is 3.38. The molecule has 2 fully saturated rings. The Labute approximate surface area is 197 Å². The van der Waals surface area contributed by atoms with Crippen LogP contribution in [0.15, 0.2) is 60.8 Å². The predicted octanol–water partition coefficient (Wildman–Crippen LogP) is 4.34. The van der Waals surface area contributed by atoms with Gasteiger partial charge in [0, 0.05) is 60.9 Å². The summed E-state index contributed by atoms with van der Waals surface area (Å²) in [5, 5.41) is 4.88. The average molecular weight is 445 g/mol. The fraction of sp³-hybridized carbons (Fsp3) is 0.464. The Morgan fingerprint density at radius 3 is 2.52 bits per heavy atom. The standard InChI is InChI=1S/C28H36N4O/c1-21(2)30-15-17-31(18-16-30)28(33)24-10-11-26-23(20-24)12-14-32(26)27(25-9-6-13-29-25)19-22-7-4-3-5-8-22/h3-5,7-8,10-12,14,20-21,25,27,29H,6,9,13,15-19H2,1-2H3/t25?,27-/m0/s1. The van der Waals surface area contributed by atoms with Crippen LogP contribution in [0.3, 0.4) is 0 Å². The van der Waals surface area contributed by atoms with Crippen LogP contribution < -0.4 is 5.32 Å². The van der Waals surface area contributed by atoms with E-state index < -0.39 is 0 Å². The van der Waals surface area contributed by atoms with Gasteiger partial charge in [0.2, 0.25) is 0 Å². The van der Waals surface area contributed by atoms with Gasteiger partial charge in [0.1, 0.15) is 0 Å². The molecule has 3 aromatic rings. The van der Waals surface area contributed by atoms with Crippen LogP contribution in [0, 0.1) is 0 Å². The van der Waals surface area contributed by atoms with E-state index in [0.29, 0.717) is 18.1 Å². The zero-order valence-corrected chi connectivity index (χ0v) is 19.9. The lowest BCUT2D eigenvalue weighted by atomic mass is 9.97. The van der Waals surface area contributed by atoms with Crippen molar-refractivity contribution in [3.05, 3.63) is 71.9 Å². The number of fused-ring (bicyclic) bond motifs is 1. The van der Waals surface area contributed by atoms with Crippen LogP contribution in [0.2, 0.25) is 0 Å². The topological polar surface area (TPSA) is 40.5 Å². The third-order valence-corrected chi connectivity index (χ3v) is 7.51. The smallest absolute Gasteiger partial charge is 0.253 e. The maximum atomic E-state index is 13.2. The zero-order chi connectivity index (χ0) is 22.8. The van der Waals surface area contributed by atoms with Gasteiger partial charge in [-0.3, -0.25) is 9.69 Å². The van der Waals surface area contributed by atoms with Crippen LogP contribution in [0.25, 0.3) is 10.9 Å². The predicted molar refractivity (Wildman–Crippen MR) is 135 cm³/mol. The summed E-state index contributed by atoms with van der Waals surface area (Å²) in [6.07, 6.45) is 5.66. The number of rotatable bonds is 6. The van der Waals surface area contributed by atoms with Crippen molar-refractivity contribution in [1.82, 2.24) is 19.7 Å². The van der Waals surface area contributed by atoms with E-state index in [4.69, 9.17) is 0 Å². The summed E-state index contributed by atoms with van der Waals surface area (Å²) in [6.45, 7) is 9.07. The molecule has 1 unspecified atom stereocenters. The first-order valence-corrected chi connectivity index (χ1v) is 12.5. The minimum Gasteiger partial charge on any atom is -0.343 e. The number of benzene rings is 2. The minimum absolute atomic E-state index is 0.159. The molecule has 1 amide bonds. The Kier molecular flexibility index (Phi) is 6.52. The Bertz CT molecular complexity index is 1080. The lowest BCUT2D eigenvalue weighted by molar-refractivity contribution is 0.0595. The molecule has 0 radical (unpaired) electrons. The molecule has 0 bridgehead atoms. The first-order valence-electron chi connectivity index (χ1n) is 12.5. The van der Waals surface area contributed by atoms with Gasteiger partial charge in [-0.25, -0.2) is 0 Å². The van der Waals surface area contributed by atoms with Gasteiger partial charge in [0.15, 0.2) is 0 Å². The highest BCUT2D eigenvalue weighted by atomic mass is 16.2. The molecule has 33 heavy (non-hydrogen) atoms. The van der Waals surface area contributed by atoms with Crippen molar-refractivity contribution < 1.29 is 4.79 Å². The van der Waals surface area contributed by atoms with Crippen molar-refractivity contribution >= 4 is 16.8 Å². The van der Waals surface area contributed by atoms with Crippen molar-refractivity contribution in [2.75, 3.05) is 32.7 Å². The summed E-state index contributed by atoms with van der Waals surface area (Å²) in [5.74, 6) is 0.159. The summed E-state index contributed by atoms with van der Waals surface area (Å²) >= 11 is 0. The summed E-state index contributed by atoms with van der Waals surface area (Å²) in [4.78, 5) is 17.7. The van der Waals surface area contributed by atoms with Crippen molar-refractivity contribution in [2.24, 2.45) is 0 Å². The van der Waals surface area contributed by atoms with Gasteiger partial charge in [0.25, 0.3) is 5.91 Å². The lowest BCUT2D eigenvalue weighted by Crippen LogP contribution is -2.50. The largest absolute Gasteiger partial charge is 0.343 e. The molecule has 1 N–H and O–H groups in total. The van der Waals surface area contributed by atoms with E-state index in [0.717, 1.165) is 50.1 Å². The molecule has 5 nitrogen and oxygen atoms in total. The van der Waals surface area contributed by atoms with Crippen molar-refractivity contribution in [3.8, 4) is 0 Å². The minimum atomic E-state index is 0.159. The van der Waals surface area contributed by atoms with Gasteiger partial charge in [-0.2, -0.15) is 0 Å². The van der Waals surface area contributed by atoms with Crippen LogP contribution in [0.1, 0.15) is 48.7 Å². The number of carbonyl (C=O) groups is 1. The number of hydrogen-bond donors (Lipinski definition) is 1. The zero-order valence-electron chi connectivity index (χ0n) is 19.9. The Balaban J connectivity index is 1.38. The Morgan fingerprint density at radius 1 is 1.03 bits per heavy atom. The number of piperazine rings is 1. The molecular weight excluding hydrogens is 408 g/mol. The molecule has 2 aromatic carbocycles. The Hall–Kier alpha value is -2.63. The van der Waals surface area contributed by atoms with Crippen LogP contribution >= 0.6 is 0 Å². The highest BCUT2D eigenvalue weighted by Gasteiger charge is 2.28. The molecule has 5 heteroatoms. The summed E-state index contributed by atoms with van der Waals surface area (Å²) < 4.78 is 2.43. The van der Waals surface area contributed by atoms with Gasteiger partial charge in [-0.05, 0) is 69.5 Å². The highest BCUT2D eigenvalue weighted by Crippen LogP contribution is 2.29. The molecule has 3 heterocycles. The van der Waals surface area contributed by atoms with E-state index in [-0.39, 0.29) is 5.91 Å². The molecule has 2 saturated heterocycles. The molecule has 0 saturated carbocycles. The molecule has 174 valence electrons. The quantitative estimate of drug-likeness (QED) is 0.615. The van der Waals surface area contributed by atoms with Crippen LogP contribution in [-0.2, 0) is 6.42 Å². The molecule has 2 atom stereocenters. The van der Waals surface area contributed by atoms with E-state index in [1.807, 2.05) is 11.0 Å². The number of nitrogens with one attached hydrogen (secondary N) is 1. The fourth-order valence-corrected chi connectivity index (χ4v) is 5.54. The second-order valence-corrected chi connectivity index (χ2v) is 9.88. The van der Waals surface area contributed by atoms with Crippen LogP contribution in [-0.4, -0.2) is 65.1 Å². The SMILES string of the molecule is CC(C)N1CCN(C(=O)c2ccc3c(ccn3[C@@H](Cc3ccccc3)C3CCCN3)c2)CC1. The molecule has 5 rings (SSSR count). The van der Waals surface area contributed by atoms with Gasteiger partial charge in [-0.15, -0.1) is 0 Å². The maximum Gasteiger partial charge on any atom is 0.253 e. The normalized spacial score (nSPS) is 20.6. The van der Waals surface area contributed by atoms with Crippen LogP contribution in [0.4, 0.5) is 0 Å². The van der Waals surface area contributed by atoms with Crippen molar-refractivity contribution in [3.63, 3.8) is 0 Å². The average Bonchev–Trinajstić information content (AvgIpc) is 3.53. The van der Waals surface area contributed by atoms with E-state index in [9.17, 15) is 4.79 Å². The van der Waals surface area contributed by atoms with Crippen molar-refractivity contribution in [2.45, 2.75) is 51.2 Å². The number of hydrogen-bond acceptors (Lipinski definition) is 3. The molecule has 2 aliphatic heterocycles. The molecule has 0 spiro atoms. The van der Waals surface area contributed by atoms with E-state index in [1.165, 1.54) is 23.9 Å². The molecule has 0 aliphatic carbocycles. The first-order chi connectivity index (χ1) is 16.1. The second kappa shape index (κ2) is 9.70. The van der Waals surface area contributed by atoms with Gasteiger partial charge < -0.3 is 14.8 Å². The highest BCUT2D eigenvalue weighted by molar-refractivity contribution is 5.98. The monoisotopic (exact) mass is 444 g/mol. The van der Waals surface area contributed by atoms with E-state index in [2.05, 4.69) is 83.4 Å². The summed E-state index contributed by atoms with van der Waals surface area (Å²) in [6, 6.07) is 20.6. The number of carbonyl (C=O) groups excluding carboxylic acids is 1. The van der Waals surface area contributed by atoms with Gasteiger partial charge in [-0.1, -0.05) is 30.3 Å². The molecule has 1 aromatic heterocycles. The fourth-order valence-electron chi connectivity index (χ4n) is 5.54. The van der Waals surface area contributed by atoms with Crippen LogP contribution in [0.5, 0.6) is 0 Å². The van der Waals surface area contributed by atoms with Gasteiger partial charge >= 0.3 is 0 Å². The summed E-state index contributed by atoms with van der Waals surface area (Å²) in [7, 11) is 0. The third-order valence-electron chi connectivity index (χ3n) is 7.51. The number of amides is 1. The van der Waals surface area contributed by atoms with E-state index in [1.54, 1.807) is 0 Å². The second-order valence-electron chi connectivity index (χ2n) is 9.88. The number of aromatic nitrogens is 1. The molecular formula is C28H36N4O. The number of nitrogens with zero attached hydrogens (tertiary/aromatic N) is 3. The molecule has 2 aliphatic rings. The van der Waals surface area contributed by atoms with E-state index >= 15 is 0 Å². The van der Waals surface area contributed by atoms with Crippen molar-refractivity contribution in [1.29, 1.82) is 0 Å². The third kappa shape index (κ3) is 4.71. The maximum absolute atomic E-state index is 13.2. The van der Waals surface area contributed by atoms with Gasteiger partial charge in [0.05, 0.1) is 6.04 Å². The lowest BCUT2D eigenvalue weighted by Gasteiger charge is -2.37. The first kappa shape index (κ1) is 22.2. The Morgan fingerprint density at radius 2 is 1.82 bits per heavy atom.